The molecule has 1 amide bonds. The lowest BCUT2D eigenvalue weighted by molar-refractivity contribution is -0.120. The number of amides is 1. The summed E-state index contributed by atoms with van der Waals surface area (Å²) in [6.45, 7) is 3.76. The molecular weight excluding hydrogens is 389 g/mol. The number of nitrogens with zero attached hydrogens (tertiary/aromatic N) is 1. The average Bonchev–Trinajstić information content (AvgIpc) is 3.11. The van der Waals surface area contributed by atoms with Crippen LogP contribution in [0.1, 0.15) is 25.8 Å². The van der Waals surface area contributed by atoms with Gasteiger partial charge in [-0.2, -0.15) is 0 Å². The van der Waals surface area contributed by atoms with Gasteiger partial charge in [-0.25, -0.2) is 12.8 Å². The number of sulfone groups is 1. The van der Waals surface area contributed by atoms with Crippen LogP contribution in [0.25, 0.3) is 0 Å². The summed E-state index contributed by atoms with van der Waals surface area (Å²) in [7, 11) is -3.75. The molecule has 0 bridgehead atoms. The van der Waals surface area contributed by atoms with Gasteiger partial charge in [-0.15, -0.1) is 0 Å². The van der Waals surface area contributed by atoms with Gasteiger partial charge in [0.2, 0.25) is 5.91 Å². The van der Waals surface area contributed by atoms with Gasteiger partial charge in [0.15, 0.2) is 14.6 Å². The molecular formula is C18H24FN3O5S. The zero-order valence-corrected chi connectivity index (χ0v) is 16.6. The van der Waals surface area contributed by atoms with E-state index in [0.29, 0.717) is 12.3 Å². The number of benzene rings is 1. The first kappa shape index (κ1) is 20.7. The normalized spacial score (nSPS) is 28.9. The van der Waals surface area contributed by atoms with Crippen molar-refractivity contribution in [3.63, 3.8) is 0 Å². The summed E-state index contributed by atoms with van der Waals surface area (Å²) < 4.78 is 49.7. The lowest BCUT2D eigenvalue weighted by Crippen LogP contribution is -2.58. The molecule has 10 heteroatoms. The van der Waals surface area contributed by atoms with Crippen molar-refractivity contribution in [3.05, 3.63) is 29.6 Å². The van der Waals surface area contributed by atoms with Crippen LogP contribution in [0.5, 0.6) is 0 Å². The molecule has 2 aliphatic heterocycles. The molecule has 154 valence electrons. The first-order valence-corrected chi connectivity index (χ1v) is 10.6. The molecule has 8 nitrogen and oxygen atoms in total. The van der Waals surface area contributed by atoms with Gasteiger partial charge in [0, 0.05) is 24.5 Å². The predicted octanol–water partition coefficient (Wildman–Crippen LogP) is 0.961. The number of anilines is 1. The zero-order valence-electron chi connectivity index (χ0n) is 15.8. The van der Waals surface area contributed by atoms with Crippen LogP contribution in [0.2, 0.25) is 0 Å². The number of halogens is 1. The molecule has 1 aromatic rings. The largest absolute Gasteiger partial charge is 0.386 e. The summed E-state index contributed by atoms with van der Waals surface area (Å²) in [6, 6.07) is 3.94. The highest BCUT2D eigenvalue weighted by atomic mass is 32.2. The van der Waals surface area contributed by atoms with E-state index < -0.39 is 37.6 Å². The Bertz CT molecular complexity index is 912. The third-order valence-corrected chi connectivity index (χ3v) is 7.82. The SMILES string of the molecule is CCOCC(=O)Nc1ccc(F)c([C@]2(C)CS(=O)(=O)C3(CCOC3)C(N)=N2)c1. The third kappa shape index (κ3) is 3.51. The summed E-state index contributed by atoms with van der Waals surface area (Å²) in [4.78, 5) is 16.3. The Labute approximate surface area is 163 Å². The van der Waals surface area contributed by atoms with Gasteiger partial charge in [0.25, 0.3) is 0 Å². The average molecular weight is 413 g/mol. The van der Waals surface area contributed by atoms with Crippen LogP contribution in [-0.4, -0.2) is 57.1 Å². The minimum atomic E-state index is -3.75. The Morgan fingerprint density at radius 2 is 2.21 bits per heavy atom. The summed E-state index contributed by atoms with van der Waals surface area (Å²) >= 11 is 0. The number of hydrogen-bond acceptors (Lipinski definition) is 7. The van der Waals surface area contributed by atoms with Crippen molar-refractivity contribution in [2.45, 2.75) is 30.6 Å². The van der Waals surface area contributed by atoms with Gasteiger partial charge < -0.3 is 20.5 Å². The van der Waals surface area contributed by atoms with Gasteiger partial charge in [-0.3, -0.25) is 9.79 Å². The molecule has 3 rings (SSSR count). The zero-order chi connectivity index (χ0) is 20.6. The molecule has 28 heavy (non-hydrogen) atoms. The van der Waals surface area contributed by atoms with Gasteiger partial charge in [0.1, 0.15) is 23.8 Å². The number of nitrogens with one attached hydrogen (secondary N) is 1. The molecule has 3 N–H and O–H groups in total. The maximum atomic E-state index is 14.6. The Balaban J connectivity index is 1.97. The van der Waals surface area contributed by atoms with E-state index in [4.69, 9.17) is 15.2 Å². The summed E-state index contributed by atoms with van der Waals surface area (Å²) in [5.41, 5.74) is 5.02. The fraction of sp³-hybridized carbons (Fsp3) is 0.556. The van der Waals surface area contributed by atoms with Crippen molar-refractivity contribution in [2.24, 2.45) is 10.7 Å². The van der Waals surface area contributed by atoms with Crippen LogP contribution in [-0.2, 0) is 29.6 Å². The van der Waals surface area contributed by atoms with Gasteiger partial charge >= 0.3 is 0 Å². The lowest BCUT2D eigenvalue weighted by Gasteiger charge is -2.39. The smallest absolute Gasteiger partial charge is 0.250 e. The molecule has 2 heterocycles. The van der Waals surface area contributed by atoms with E-state index in [1.165, 1.54) is 19.1 Å². The molecule has 2 atom stereocenters. The van der Waals surface area contributed by atoms with E-state index in [0.717, 1.165) is 6.07 Å². The summed E-state index contributed by atoms with van der Waals surface area (Å²) in [6.07, 6.45) is 0.233. The van der Waals surface area contributed by atoms with Gasteiger partial charge in [0.05, 0.1) is 12.4 Å². The number of aliphatic imine (C=N–C) groups is 1. The highest BCUT2D eigenvalue weighted by molar-refractivity contribution is 7.93. The number of carbonyl (C=O) groups excluding carboxylic acids is 1. The highest BCUT2D eigenvalue weighted by Crippen LogP contribution is 2.41. The third-order valence-electron chi connectivity index (χ3n) is 5.15. The molecule has 1 saturated heterocycles. The van der Waals surface area contributed by atoms with Crippen molar-refractivity contribution in [1.82, 2.24) is 0 Å². The number of ether oxygens (including phenoxy) is 2. The lowest BCUT2D eigenvalue weighted by atomic mass is 9.92. The Morgan fingerprint density at radius 3 is 2.82 bits per heavy atom. The number of amidine groups is 1. The number of rotatable bonds is 5. The summed E-state index contributed by atoms with van der Waals surface area (Å²) in [5, 5.41) is 2.60. The Hall–Kier alpha value is -2.04. The maximum Gasteiger partial charge on any atom is 0.250 e. The molecule has 1 fully saturated rings. The molecule has 0 saturated carbocycles. The first-order valence-electron chi connectivity index (χ1n) is 8.97. The minimum Gasteiger partial charge on any atom is -0.386 e. The van der Waals surface area contributed by atoms with Crippen molar-refractivity contribution in [3.8, 4) is 0 Å². The standard InChI is InChI=1S/C18H24FN3O5S/c1-3-26-9-15(23)21-12-4-5-14(19)13(8-12)17(2)11-28(24,25)18(16(20)22-17)6-7-27-10-18/h4-5,8H,3,6-7,9-11H2,1-2H3,(H2,20,22)(H,21,23)/t17-,18?/m0/s1. The van der Waals surface area contributed by atoms with E-state index >= 15 is 0 Å². The van der Waals surface area contributed by atoms with Gasteiger partial charge in [-0.1, -0.05) is 0 Å². The number of nitrogens with two attached hydrogens (primary N) is 1. The Kier molecular flexibility index (Phi) is 5.48. The second kappa shape index (κ2) is 7.41. The molecule has 1 aromatic carbocycles. The van der Waals surface area contributed by atoms with Crippen LogP contribution < -0.4 is 11.1 Å². The number of hydrogen-bond donors (Lipinski definition) is 2. The van der Waals surface area contributed by atoms with Crippen molar-refractivity contribution >= 4 is 27.3 Å². The molecule has 1 spiro atoms. The molecule has 0 aliphatic carbocycles. The summed E-state index contributed by atoms with van der Waals surface area (Å²) in [5.74, 6) is -1.50. The monoisotopic (exact) mass is 413 g/mol. The van der Waals surface area contributed by atoms with Gasteiger partial charge in [-0.05, 0) is 38.5 Å². The van der Waals surface area contributed by atoms with Crippen LogP contribution in [0.15, 0.2) is 23.2 Å². The molecule has 0 aromatic heterocycles. The van der Waals surface area contributed by atoms with E-state index in [2.05, 4.69) is 10.3 Å². The van der Waals surface area contributed by atoms with Crippen molar-refractivity contribution in [2.75, 3.05) is 37.5 Å². The topological polar surface area (TPSA) is 120 Å². The van der Waals surface area contributed by atoms with Crippen LogP contribution in [0.4, 0.5) is 10.1 Å². The first-order chi connectivity index (χ1) is 13.1. The van der Waals surface area contributed by atoms with E-state index in [9.17, 15) is 17.6 Å². The fourth-order valence-corrected chi connectivity index (χ4v) is 5.86. The molecule has 1 unspecified atom stereocenters. The molecule has 0 radical (unpaired) electrons. The van der Waals surface area contributed by atoms with Crippen molar-refractivity contribution < 1.29 is 27.1 Å². The Morgan fingerprint density at radius 1 is 1.46 bits per heavy atom. The predicted molar refractivity (Wildman–Crippen MR) is 102 cm³/mol. The quantitative estimate of drug-likeness (QED) is 0.742. The number of carbonyl (C=O) groups is 1. The highest BCUT2D eigenvalue weighted by Gasteiger charge is 2.57. The van der Waals surface area contributed by atoms with Crippen LogP contribution in [0.3, 0.4) is 0 Å². The minimum absolute atomic E-state index is 0.0435. The molecule has 2 aliphatic rings. The van der Waals surface area contributed by atoms with Crippen LogP contribution >= 0.6 is 0 Å². The van der Waals surface area contributed by atoms with E-state index in [1.807, 2.05) is 0 Å². The second-order valence-electron chi connectivity index (χ2n) is 7.21. The fourth-order valence-electron chi connectivity index (χ4n) is 3.61. The second-order valence-corrected chi connectivity index (χ2v) is 9.51. The van der Waals surface area contributed by atoms with Crippen LogP contribution in [0, 0.1) is 5.82 Å². The van der Waals surface area contributed by atoms with E-state index in [1.54, 1.807) is 6.92 Å². The van der Waals surface area contributed by atoms with E-state index in [-0.39, 0.29) is 37.6 Å². The van der Waals surface area contributed by atoms with Crippen molar-refractivity contribution in [1.29, 1.82) is 0 Å². The maximum absolute atomic E-state index is 14.6.